The van der Waals surface area contributed by atoms with Crippen LogP contribution in [0.5, 0.6) is 11.5 Å². The first-order valence-corrected chi connectivity index (χ1v) is 15.5. The highest BCUT2D eigenvalue weighted by molar-refractivity contribution is 7.46. The van der Waals surface area contributed by atoms with Crippen molar-refractivity contribution in [2.24, 2.45) is 11.7 Å². The van der Waals surface area contributed by atoms with Gasteiger partial charge in [0.25, 0.3) is 5.91 Å². The number of nitrogens with two attached hydrogens (primary N) is 1. The van der Waals surface area contributed by atoms with E-state index in [0.29, 0.717) is 35.8 Å². The minimum atomic E-state index is -4.70. The number of primary amides is 1. The summed E-state index contributed by atoms with van der Waals surface area (Å²) in [6.07, 6.45) is 7.27. The highest BCUT2D eigenvalue weighted by Crippen LogP contribution is 2.37. The number of rotatable bonds is 14. The van der Waals surface area contributed by atoms with Crippen LogP contribution in [-0.4, -0.2) is 40.2 Å². The van der Waals surface area contributed by atoms with Crippen molar-refractivity contribution in [1.82, 2.24) is 10.6 Å². The van der Waals surface area contributed by atoms with Gasteiger partial charge in [-0.05, 0) is 60.6 Å². The lowest BCUT2D eigenvalue weighted by molar-refractivity contribution is -0.128. The molecule has 0 aromatic heterocycles. The Kier molecular flexibility index (Phi) is 11.8. The lowest BCUT2D eigenvalue weighted by atomic mass is 9.90. The summed E-state index contributed by atoms with van der Waals surface area (Å²) in [5, 5.41) is 5.66. The van der Waals surface area contributed by atoms with Crippen LogP contribution in [0.1, 0.15) is 86.3 Å². The van der Waals surface area contributed by atoms with E-state index < -0.39 is 37.6 Å². The number of carbonyl (C=O) groups excluding carboxylic acids is 3. The molecule has 6 N–H and O–H groups in total. The Bertz CT molecular complexity index is 1240. The number of phosphoric acid groups is 1. The number of phosphoric ester groups is 1. The zero-order chi connectivity index (χ0) is 30.0. The minimum absolute atomic E-state index is 0.0259. The van der Waals surface area contributed by atoms with Gasteiger partial charge in [-0.15, -0.1) is 0 Å². The molecule has 1 aliphatic carbocycles. The average molecular weight is 590 g/mol. The SMILES string of the molecule is CCCC(NC(=O)[C@H](Cc1ccc(OP(=O)(O)O)cc1)NC(C)=O)c1ccc(OCC2CCCCC2)c(C(N)=O)c1. The molecule has 11 nitrogen and oxygen atoms in total. The summed E-state index contributed by atoms with van der Waals surface area (Å²) >= 11 is 0. The smallest absolute Gasteiger partial charge is 0.492 e. The van der Waals surface area contributed by atoms with Crippen molar-refractivity contribution in [3.8, 4) is 11.5 Å². The highest BCUT2D eigenvalue weighted by atomic mass is 31.2. The van der Waals surface area contributed by atoms with E-state index in [1.807, 2.05) is 13.0 Å². The molecule has 1 fully saturated rings. The number of amides is 3. The first-order chi connectivity index (χ1) is 19.4. The van der Waals surface area contributed by atoms with Crippen molar-refractivity contribution >= 4 is 25.5 Å². The van der Waals surface area contributed by atoms with E-state index in [-0.39, 0.29) is 17.7 Å². The summed E-state index contributed by atoms with van der Waals surface area (Å²) in [5.41, 5.74) is 7.28. The predicted octanol–water partition coefficient (Wildman–Crippen LogP) is 3.92. The Balaban J connectivity index is 1.75. The molecule has 1 saturated carbocycles. The Labute approximate surface area is 240 Å². The van der Waals surface area contributed by atoms with Gasteiger partial charge in [-0.3, -0.25) is 24.2 Å². The number of hydrogen-bond donors (Lipinski definition) is 5. The molecule has 41 heavy (non-hydrogen) atoms. The summed E-state index contributed by atoms with van der Waals surface area (Å²) < 4.78 is 21.6. The van der Waals surface area contributed by atoms with E-state index in [1.165, 1.54) is 38.3 Å². The molecule has 2 atom stereocenters. The molecular weight excluding hydrogens is 549 g/mol. The van der Waals surface area contributed by atoms with Gasteiger partial charge >= 0.3 is 7.82 Å². The maximum atomic E-state index is 13.4. The van der Waals surface area contributed by atoms with Crippen molar-refractivity contribution in [2.75, 3.05) is 6.61 Å². The fraction of sp³-hybridized carbons (Fsp3) is 0.483. The van der Waals surface area contributed by atoms with Crippen LogP contribution in [0.25, 0.3) is 0 Å². The maximum Gasteiger partial charge on any atom is 0.524 e. The first-order valence-electron chi connectivity index (χ1n) is 13.9. The third-order valence-corrected chi connectivity index (χ3v) is 7.49. The molecule has 12 heteroatoms. The lowest BCUT2D eigenvalue weighted by Crippen LogP contribution is -2.48. The van der Waals surface area contributed by atoms with Gasteiger partial charge < -0.3 is 25.6 Å². The van der Waals surface area contributed by atoms with E-state index in [4.69, 9.17) is 20.3 Å². The lowest BCUT2D eigenvalue weighted by Gasteiger charge is -2.25. The van der Waals surface area contributed by atoms with E-state index >= 15 is 0 Å². The molecule has 0 aliphatic heterocycles. The molecule has 1 aliphatic rings. The quantitative estimate of drug-likeness (QED) is 0.206. The highest BCUT2D eigenvalue weighted by Gasteiger charge is 2.25. The maximum absolute atomic E-state index is 13.4. The summed E-state index contributed by atoms with van der Waals surface area (Å²) in [7, 11) is -4.70. The zero-order valence-electron chi connectivity index (χ0n) is 23.5. The molecule has 0 saturated heterocycles. The number of benzene rings is 2. The standard InChI is InChI=1S/C29H40N3O8P/c1-3-7-25(22-12-15-27(24(17-22)28(30)34)39-18-21-8-5-4-6-9-21)32-29(35)26(31-19(2)33)16-20-10-13-23(14-11-20)40-41(36,37)38/h10-15,17,21,25-26H,3-9,16,18H2,1-2H3,(H2,30,34)(H,31,33)(H,32,35)(H2,36,37,38)/t25?,26-/m0/s1. The topological polar surface area (TPSA) is 177 Å². The third-order valence-electron chi connectivity index (χ3n) is 7.05. The van der Waals surface area contributed by atoms with Crippen LogP contribution >= 0.6 is 7.82 Å². The third kappa shape index (κ3) is 10.5. The van der Waals surface area contributed by atoms with Crippen LogP contribution in [0.2, 0.25) is 0 Å². The fourth-order valence-corrected chi connectivity index (χ4v) is 5.44. The average Bonchev–Trinajstić information content (AvgIpc) is 2.91. The second-order valence-corrected chi connectivity index (χ2v) is 11.6. The fourth-order valence-electron chi connectivity index (χ4n) is 5.04. The minimum Gasteiger partial charge on any atom is -0.492 e. The van der Waals surface area contributed by atoms with Crippen LogP contribution in [0.3, 0.4) is 0 Å². The van der Waals surface area contributed by atoms with Crippen LogP contribution < -0.4 is 25.6 Å². The monoisotopic (exact) mass is 589 g/mol. The Hall–Kier alpha value is -3.40. The van der Waals surface area contributed by atoms with Crippen molar-refractivity contribution in [1.29, 1.82) is 0 Å². The molecular formula is C29H40N3O8P. The van der Waals surface area contributed by atoms with Crippen LogP contribution in [-0.2, 0) is 20.6 Å². The van der Waals surface area contributed by atoms with Crippen LogP contribution in [0.4, 0.5) is 0 Å². The second-order valence-electron chi connectivity index (χ2n) is 10.5. The van der Waals surface area contributed by atoms with E-state index in [0.717, 1.165) is 19.3 Å². The molecule has 1 unspecified atom stereocenters. The van der Waals surface area contributed by atoms with Gasteiger partial charge in [0.05, 0.1) is 18.2 Å². The number of nitrogens with one attached hydrogen (secondary N) is 2. The normalized spacial score (nSPS) is 15.4. The van der Waals surface area contributed by atoms with E-state index in [1.54, 1.807) is 24.3 Å². The van der Waals surface area contributed by atoms with Gasteiger partial charge in [-0.25, -0.2) is 4.57 Å². The van der Waals surface area contributed by atoms with Gasteiger partial charge in [0.15, 0.2) is 0 Å². The van der Waals surface area contributed by atoms with E-state index in [2.05, 4.69) is 15.2 Å². The number of carbonyl (C=O) groups is 3. The summed E-state index contributed by atoms with van der Waals surface area (Å²) in [4.78, 5) is 55.6. The second kappa shape index (κ2) is 15.0. The molecule has 3 rings (SSSR count). The summed E-state index contributed by atoms with van der Waals surface area (Å²) in [5.74, 6) is -0.578. The van der Waals surface area contributed by atoms with Gasteiger partial charge in [0.2, 0.25) is 11.8 Å². The Morgan fingerprint density at radius 3 is 2.32 bits per heavy atom. The zero-order valence-corrected chi connectivity index (χ0v) is 24.4. The molecule has 224 valence electrons. The van der Waals surface area contributed by atoms with Crippen LogP contribution in [0.15, 0.2) is 42.5 Å². The largest absolute Gasteiger partial charge is 0.524 e. The van der Waals surface area contributed by atoms with Gasteiger partial charge in [0.1, 0.15) is 17.5 Å². The molecule has 0 radical (unpaired) electrons. The predicted molar refractivity (Wildman–Crippen MR) is 153 cm³/mol. The van der Waals surface area contributed by atoms with Gasteiger partial charge in [0, 0.05) is 13.3 Å². The summed E-state index contributed by atoms with van der Waals surface area (Å²) in [6, 6.07) is 9.69. The van der Waals surface area contributed by atoms with Crippen molar-refractivity contribution < 1.29 is 38.0 Å². The molecule has 0 bridgehead atoms. The Morgan fingerprint density at radius 2 is 1.73 bits per heavy atom. The van der Waals surface area contributed by atoms with Crippen molar-refractivity contribution in [3.63, 3.8) is 0 Å². The molecule has 2 aromatic rings. The van der Waals surface area contributed by atoms with Crippen molar-refractivity contribution in [3.05, 3.63) is 59.2 Å². The molecule has 0 spiro atoms. The molecule has 2 aromatic carbocycles. The Morgan fingerprint density at radius 1 is 1.05 bits per heavy atom. The van der Waals surface area contributed by atoms with Gasteiger partial charge in [-0.1, -0.05) is 50.8 Å². The molecule has 0 heterocycles. The first kappa shape index (κ1) is 32.1. The number of ether oxygens (including phenoxy) is 1. The van der Waals surface area contributed by atoms with Crippen LogP contribution in [0, 0.1) is 5.92 Å². The van der Waals surface area contributed by atoms with Gasteiger partial charge in [-0.2, -0.15) is 0 Å². The number of hydrogen-bond acceptors (Lipinski definition) is 6. The van der Waals surface area contributed by atoms with Crippen molar-refractivity contribution in [2.45, 2.75) is 77.3 Å². The molecule has 3 amide bonds. The summed E-state index contributed by atoms with van der Waals surface area (Å²) in [6.45, 7) is 3.81. The van der Waals surface area contributed by atoms with E-state index in [9.17, 15) is 18.9 Å².